The summed E-state index contributed by atoms with van der Waals surface area (Å²) in [6.07, 6.45) is -0.583. The highest BCUT2D eigenvalue weighted by Crippen LogP contribution is 2.27. The van der Waals surface area contributed by atoms with Crippen molar-refractivity contribution in [2.24, 2.45) is 0 Å². The lowest BCUT2D eigenvalue weighted by Gasteiger charge is -2.08. The SMILES string of the molecule is CCOC(=O)c1cnc2nc(C(F)(F)F)nn2c1C=CN(C)C. The van der Waals surface area contributed by atoms with Gasteiger partial charge < -0.3 is 9.64 Å². The third-order valence-electron chi connectivity index (χ3n) is 2.68. The molecule has 0 bridgehead atoms. The first-order valence-electron chi connectivity index (χ1n) is 6.58. The van der Waals surface area contributed by atoms with E-state index in [0.717, 1.165) is 10.7 Å². The van der Waals surface area contributed by atoms with E-state index in [0.29, 0.717) is 0 Å². The number of alkyl halides is 3. The van der Waals surface area contributed by atoms with E-state index in [4.69, 9.17) is 4.74 Å². The van der Waals surface area contributed by atoms with E-state index in [1.54, 1.807) is 32.1 Å². The summed E-state index contributed by atoms with van der Waals surface area (Å²) in [5.74, 6) is -2.29. The average Bonchev–Trinajstić information content (AvgIpc) is 2.88. The standard InChI is InChI=1S/C13H14F3N5O2/c1-4-23-10(22)8-7-17-12-18-11(13(14,15)16)19-21(12)9(8)5-6-20(2)3/h5-7H,4H2,1-3H3. The van der Waals surface area contributed by atoms with Crippen LogP contribution in [0.15, 0.2) is 12.4 Å². The van der Waals surface area contributed by atoms with Crippen molar-refractivity contribution >= 4 is 17.8 Å². The lowest BCUT2D eigenvalue weighted by atomic mass is 10.2. The molecule has 0 aliphatic rings. The molecule has 124 valence electrons. The van der Waals surface area contributed by atoms with Gasteiger partial charge in [-0.25, -0.2) is 9.78 Å². The van der Waals surface area contributed by atoms with Gasteiger partial charge in [-0.1, -0.05) is 0 Å². The number of esters is 1. The maximum absolute atomic E-state index is 12.8. The van der Waals surface area contributed by atoms with Crippen molar-refractivity contribution in [3.8, 4) is 0 Å². The van der Waals surface area contributed by atoms with E-state index < -0.39 is 18.0 Å². The van der Waals surface area contributed by atoms with Crippen molar-refractivity contribution in [2.45, 2.75) is 13.1 Å². The van der Waals surface area contributed by atoms with Gasteiger partial charge in [0.15, 0.2) is 0 Å². The second-order valence-corrected chi connectivity index (χ2v) is 4.70. The normalized spacial score (nSPS) is 12.1. The minimum absolute atomic E-state index is 0.00363. The van der Waals surface area contributed by atoms with Crippen LogP contribution in [-0.4, -0.2) is 51.2 Å². The number of ether oxygens (including phenoxy) is 1. The summed E-state index contributed by atoms with van der Waals surface area (Å²) in [6, 6.07) is 0. The van der Waals surface area contributed by atoms with Crippen molar-refractivity contribution in [2.75, 3.05) is 20.7 Å². The zero-order valence-corrected chi connectivity index (χ0v) is 12.6. The number of hydrogen-bond acceptors (Lipinski definition) is 6. The summed E-state index contributed by atoms with van der Waals surface area (Å²) in [5.41, 5.74) is 0.0984. The fourth-order valence-electron chi connectivity index (χ4n) is 1.72. The molecule has 2 rings (SSSR count). The first kappa shape index (κ1) is 16.7. The van der Waals surface area contributed by atoms with Crippen molar-refractivity contribution in [1.82, 2.24) is 24.5 Å². The molecule has 0 saturated carbocycles. The predicted molar refractivity (Wildman–Crippen MR) is 74.5 cm³/mol. The molecule has 2 heterocycles. The Morgan fingerprint density at radius 2 is 2.13 bits per heavy atom. The number of carbonyl (C=O) groups is 1. The highest BCUT2D eigenvalue weighted by molar-refractivity contribution is 5.92. The third-order valence-corrected chi connectivity index (χ3v) is 2.68. The van der Waals surface area contributed by atoms with Crippen LogP contribution >= 0.6 is 0 Å². The van der Waals surface area contributed by atoms with Crippen LogP contribution < -0.4 is 0 Å². The molecule has 0 amide bonds. The smallest absolute Gasteiger partial charge is 0.453 e. The second-order valence-electron chi connectivity index (χ2n) is 4.70. The summed E-state index contributed by atoms with van der Waals surface area (Å²) < 4.78 is 44.1. The van der Waals surface area contributed by atoms with E-state index in [-0.39, 0.29) is 23.6 Å². The molecule has 2 aromatic heterocycles. The van der Waals surface area contributed by atoms with Crippen molar-refractivity contribution in [3.05, 3.63) is 29.5 Å². The molecule has 23 heavy (non-hydrogen) atoms. The highest BCUT2D eigenvalue weighted by Gasteiger charge is 2.37. The Kier molecular flexibility index (Phi) is 4.52. The van der Waals surface area contributed by atoms with Crippen LogP contribution in [0.4, 0.5) is 13.2 Å². The van der Waals surface area contributed by atoms with Crippen molar-refractivity contribution < 1.29 is 22.7 Å². The average molecular weight is 329 g/mol. The third kappa shape index (κ3) is 3.58. The van der Waals surface area contributed by atoms with Gasteiger partial charge in [0.05, 0.1) is 12.3 Å². The number of fused-ring (bicyclic) bond motifs is 1. The topological polar surface area (TPSA) is 72.6 Å². The van der Waals surface area contributed by atoms with Gasteiger partial charge in [0.25, 0.3) is 11.6 Å². The minimum atomic E-state index is -4.71. The lowest BCUT2D eigenvalue weighted by molar-refractivity contribution is -0.144. The summed E-state index contributed by atoms with van der Waals surface area (Å²) in [6.45, 7) is 1.75. The van der Waals surface area contributed by atoms with Crippen LogP contribution in [0, 0.1) is 0 Å². The van der Waals surface area contributed by atoms with Gasteiger partial charge in [-0.3, -0.25) is 0 Å². The lowest BCUT2D eigenvalue weighted by Crippen LogP contribution is -2.12. The summed E-state index contributed by atoms with van der Waals surface area (Å²) in [5, 5.41) is 3.41. The van der Waals surface area contributed by atoms with Crippen LogP contribution in [0.1, 0.15) is 28.8 Å². The van der Waals surface area contributed by atoms with Crippen LogP contribution in [-0.2, 0) is 10.9 Å². The number of nitrogens with zero attached hydrogens (tertiary/aromatic N) is 5. The summed E-state index contributed by atoms with van der Waals surface area (Å²) in [4.78, 5) is 20.7. The first-order chi connectivity index (χ1) is 10.7. The van der Waals surface area contributed by atoms with E-state index in [1.165, 1.54) is 6.08 Å². The van der Waals surface area contributed by atoms with Crippen LogP contribution in [0.5, 0.6) is 0 Å². The minimum Gasteiger partial charge on any atom is -0.462 e. The molecule has 0 aliphatic heterocycles. The van der Waals surface area contributed by atoms with Crippen LogP contribution in [0.3, 0.4) is 0 Å². The van der Waals surface area contributed by atoms with E-state index in [9.17, 15) is 18.0 Å². The van der Waals surface area contributed by atoms with Gasteiger partial charge >= 0.3 is 12.1 Å². The molecule has 2 aromatic rings. The van der Waals surface area contributed by atoms with E-state index >= 15 is 0 Å². The largest absolute Gasteiger partial charge is 0.462 e. The fourth-order valence-corrected chi connectivity index (χ4v) is 1.72. The Morgan fingerprint density at radius 1 is 1.43 bits per heavy atom. The molecule has 0 spiro atoms. The molecule has 0 radical (unpaired) electrons. The number of carbonyl (C=O) groups excluding carboxylic acids is 1. The van der Waals surface area contributed by atoms with E-state index in [2.05, 4.69) is 15.1 Å². The Hall–Kier alpha value is -2.65. The molecule has 0 atom stereocenters. The van der Waals surface area contributed by atoms with E-state index in [1.807, 2.05) is 0 Å². The predicted octanol–water partition coefficient (Wildman–Crippen LogP) is 1.85. The first-order valence-corrected chi connectivity index (χ1v) is 6.58. The summed E-state index contributed by atoms with van der Waals surface area (Å²) in [7, 11) is 3.45. The molecular weight excluding hydrogens is 315 g/mol. The molecule has 0 fully saturated rings. The maximum atomic E-state index is 12.8. The monoisotopic (exact) mass is 329 g/mol. The van der Waals surface area contributed by atoms with Crippen molar-refractivity contribution in [1.29, 1.82) is 0 Å². The Labute approximate surface area is 129 Å². The van der Waals surface area contributed by atoms with Gasteiger partial charge in [-0.15, -0.1) is 5.10 Å². The van der Waals surface area contributed by atoms with Gasteiger partial charge in [0, 0.05) is 26.5 Å². The molecule has 7 nitrogen and oxygen atoms in total. The number of aromatic nitrogens is 4. The van der Waals surface area contributed by atoms with Gasteiger partial charge in [-0.2, -0.15) is 22.7 Å². The molecule has 0 aromatic carbocycles. The van der Waals surface area contributed by atoms with Gasteiger partial charge in [-0.05, 0) is 13.0 Å². The zero-order valence-electron chi connectivity index (χ0n) is 12.6. The maximum Gasteiger partial charge on any atom is 0.453 e. The molecule has 0 unspecified atom stereocenters. The van der Waals surface area contributed by atoms with Crippen LogP contribution in [0.25, 0.3) is 11.9 Å². The number of halogens is 3. The van der Waals surface area contributed by atoms with Gasteiger partial charge in [0.2, 0.25) is 0 Å². The molecular formula is C13H14F3N5O2. The molecule has 10 heteroatoms. The Morgan fingerprint density at radius 3 is 2.70 bits per heavy atom. The molecule has 0 saturated heterocycles. The Bertz CT molecular complexity index is 752. The zero-order chi connectivity index (χ0) is 17.2. The van der Waals surface area contributed by atoms with Crippen molar-refractivity contribution in [3.63, 3.8) is 0 Å². The second kappa shape index (κ2) is 6.23. The van der Waals surface area contributed by atoms with Gasteiger partial charge in [0.1, 0.15) is 5.56 Å². The highest BCUT2D eigenvalue weighted by atomic mass is 19.4. The number of rotatable bonds is 4. The fraction of sp³-hybridized carbons (Fsp3) is 0.385. The Balaban J connectivity index is 2.67. The quantitative estimate of drug-likeness (QED) is 0.797. The molecule has 0 aliphatic carbocycles. The summed E-state index contributed by atoms with van der Waals surface area (Å²) >= 11 is 0. The molecule has 0 N–H and O–H groups in total. The van der Waals surface area contributed by atoms with Crippen LogP contribution in [0.2, 0.25) is 0 Å². The number of hydrogen-bond donors (Lipinski definition) is 0.